The number of carbonyl (C=O) groups excluding carboxylic acids is 1. The molecule has 3 aromatic heterocycles. The number of halogens is 2. The van der Waals surface area contributed by atoms with Gasteiger partial charge in [-0.1, -0.05) is 37.6 Å². The fourth-order valence-corrected chi connectivity index (χ4v) is 8.02. The van der Waals surface area contributed by atoms with E-state index >= 15 is 4.39 Å². The zero-order valence-electron chi connectivity index (χ0n) is 26.4. The number of piperazine rings is 1. The number of hydrogen-bond acceptors (Lipinski definition) is 8. The average Bonchev–Trinajstić information content (AvgIpc) is 3.43. The summed E-state index contributed by atoms with van der Waals surface area (Å²) in [5.41, 5.74) is 1.09. The molecule has 2 fully saturated rings. The van der Waals surface area contributed by atoms with Gasteiger partial charge in [-0.2, -0.15) is 4.98 Å². The number of nitrogens with one attached hydrogen (secondary N) is 1. The average molecular weight is 654 g/mol. The third kappa shape index (κ3) is 4.43. The van der Waals surface area contributed by atoms with Crippen molar-refractivity contribution in [3.63, 3.8) is 0 Å². The van der Waals surface area contributed by atoms with Crippen LogP contribution < -0.4 is 20.8 Å². The highest BCUT2D eigenvalue weighted by molar-refractivity contribution is 6.36. The normalized spacial score (nSPS) is 20.7. The molecule has 2 saturated heterocycles. The molecule has 0 radical (unpaired) electrons. The van der Waals surface area contributed by atoms with Crippen molar-refractivity contribution in [2.24, 2.45) is 0 Å². The first-order chi connectivity index (χ1) is 22.5. The molecule has 3 unspecified atom stereocenters. The van der Waals surface area contributed by atoms with E-state index in [1.165, 1.54) is 15.5 Å². The summed E-state index contributed by atoms with van der Waals surface area (Å²) in [4.78, 5) is 46.0. The second kappa shape index (κ2) is 10.7. The summed E-state index contributed by atoms with van der Waals surface area (Å²) in [6.07, 6.45) is 3.66. The molecule has 0 spiro atoms. The molecule has 1 amide bonds. The van der Waals surface area contributed by atoms with Crippen LogP contribution in [0.15, 0.2) is 47.4 Å². The molecule has 3 atom stereocenters. The zero-order valence-corrected chi connectivity index (χ0v) is 27.1. The van der Waals surface area contributed by atoms with Gasteiger partial charge in [-0.05, 0) is 60.9 Å². The molecule has 240 valence electrons. The number of rotatable bonds is 3. The molecule has 2 bridgehead atoms. The first-order valence-electron chi connectivity index (χ1n) is 15.9. The Morgan fingerprint density at radius 2 is 1.89 bits per heavy atom. The number of aromatic nitrogens is 4. The summed E-state index contributed by atoms with van der Waals surface area (Å²) >= 11 is 6.70. The van der Waals surface area contributed by atoms with E-state index < -0.39 is 11.5 Å². The lowest BCUT2D eigenvalue weighted by atomic mass is 9.97. The molecule has 12 heteroatoms. The van der Waals surface area contributed by atoms with E-state index in [4.69, 9.17) is 16.6 Å². The van der Waals surface area contributed by atoms with E-state index in [1.807, 2.05) is 25.7 Å². The fraction of sp³-hybridized carbons (Fsp3) is 0.343. The van der Waals surface area contributed by atoms with Gasteiger partial charge >= 0.3 is 5.69 Å². The number of aryl methyl sites for hydroxylation is 1. The van der Waals surface area contributed by atoms with Crippen LogP contribution in [0.2, 0.25) is 5.02 Å². The molecule has 8 rings (SSSR count). The molecule has 2 N–H and O–H groups in total. The van der Waals surface area contributed by atoms with Crippen molar-refractivity contribution in [2.45, 2.75) is 64.1 Å². The van der Waals surface area contributed by atoms with Crippen molar-refractivity contribution in [1.82, 2.24) is 24.8 Å². The predicted octanol–water partition coefficient (Wildman–Crippen LogP) is 5.60. The number of anilines is 2. The van der Waals surface area contributed by atoms with E-state index in [0.717, 1.165) is 12.8 Å². The smallest absolute Gasteiger partial charge is 0.354 e. The van der Waals surface area contributed by atoms with Crippen LogP contribution in [0.5, 0.6) is 5.75 Å². The molecule has 3 aliphatic heterocycles. The second-order valence-corrected chi connectivity index (χ2v) is 13.6. The van der Waals surface area contributed by atoms with Crippen LogP contribution in [-0.4, -0.2) is 62.3 Å². The summed E-state index contributed by atoms with van der Waals surface area (Å²) in [6, 6.07) is 9.83. The van der Waals surface area contributed by atoms with Crippen LogP contribution in [0.1, 0.15) is 50.3 Å². The lowest BCUT2D eigenvalue weighted by molar-refractivity contribution is -0.118. The number of fused-ring (bicyclic) bond motifs is 6. The van der Waals surface area contributed by atoms with Crippen LogP contribution in [0.25, 0.3) is 38.6 Å². The van der Waals surface area contributed by atoms with E-state index in [1.54, 1.807) is 43.6 Å². The quantitative estimate of drug-likeness (QED) is 0.259. The minimum absolute atomic E-state index is 0.0259. The molecule has 3 aliphatic rings. The van der Waals surface area contributed by atoms with Crippen molar-refractivity contribution in [3.05, 3.63) is 75.2 Å². The summed E-state index contributed by atoms with van der Waals surface area (Å²) < 4.78 is 19.1. The molecule has 5 aromatic rings. The fourth-order valence-electron chi connectivity index (χ4n) is 7.74. The van der Waals surface area contributed by atoms with Gasteiger partial charge in [0.25, 0.3) is 0 Å². The molecule has 2 aromatic carbocycles. The predicted molar refractivity (Wildman–Crippen MR) is 180 cm³/mol. The highest BCUT2D eigenvalue weighted by atomic mass is 35.5. The Bertz CT molecular complexity index is 2220. The first-order valence-corrected chi connectivity index (χ1v) is 16.2. The maximum atomic E-state index is 17.8. The van der Waals surface area contributed by atoms with Gasteiger partial charge in [0.1, 0.15) is 28.6 Å². The van der Waals surface area contributed by atoms with E-state index in [2.05, 4.69) is 15.3 Å². The Kier molecular flexibility index (Phi) is 6.79. The molecule has 10 nitrogen and oxygen atoms in total. The Morgan fingerprint density at radius 3 is 2.68 bits per heavy atom. The lowest BCUT2D eigenvalue weighted by Crippen LogP contribution is -2.60. The molecule has 0 saturated carbocycles. The van der Waals surface area contributed by atoms with Crippen LogP contribution in [0.4, 0.5) is 16.0 Å². The van der Waals surface area contributed by atoms with Crippen LogP contribution >= 0.6 is 11.6 Å². The highest BCUT2D eigenvalue weighted by Crippen LogP contribution is 2.45. The van der Waals surface area contributed by atoms with Gasteiger partial charge < -0.3 is 15.3 Å². The standard InChI is InChI=1S/C35H33ClFN7O3/c1-16(2)29-31(17(3)10-11-38-29)44-32-27-33(40-30(28(32)37)21-13-20(45)12-18-6-5-7-22(36)26(18)21)42(4)25(46)14-24-23-9-8-19(39-23)15-43(24)34(27)41-35(44)47/h5-7,10-13,16,19,23-24,39,45H,8-9,14-15H2,1-4H3. The highest BCUT2D eigenvalue weighted by Gasteiger charge is 2.45. The number of amides is 1. The van der Waals surface area contributed by atoms with Crippen molar-refractivity contribution >= 4 is 50.8 Å². The van der Waals surface area contributed by atoms with Crippen molar-refractivity contribution < 1.29 is 14.3 Å². The summed E-state index contributed by atoms with van der Waals surface area (Å²) in [5, 5.41) is 16.1. The van der Waals surface area contributed by atoms with E-state index in [-0.39, 0.29) is 70.1 Å². The number of aromatic hydroxyl groups is 1. The Morgan fingerprint density at radius 1 is 1.09 bits per heavy atom. The minimum atomic E-state index is -0.801. The summed E-state index contributed by atoms with van der Waals surface area (Å²) in [6.45, 7) is 6.29. The number of carbonyl (C=O) groups is 1. The maximum absolute atomic E-state index is 17.8. The Balaban J connectivity index is 1.58. The molecule has 0 aliphatic carbocycles. The molecule has 6 heterocycles. The number of phenols is 1. The van der Waals surface area contributed by atoms with Crippen LogP contribution in [0.3, 0.4) is 0 Å². The summed E-state index contributed by atoms with van der Waals surface area (Å²) in [7, 11) is 1.62. The Hall–Kier alpha value is -4.61. The van der Waals surface area contributed by atoms with Crippen molar-refractivity contribution in [2.75, 3.05) is 23.4 Å². The third-order valence-corrected chi connectivity index (χ3v) is 10.2. The van der Waals surface area contributed by atoms with E-state index in [0.29, 0.717) is 45.1 Å². The lowest BCUT2D eigenvalue weighted by Gasteiger charge is -2.43. The monoisotopic (exact) mass is 653 g/mol. The number of benzene rings is 2. The summed E-state index contributed by atoms with van der Waals surface area (Å²) in [5.74, 6) is -0.742. The SMILES string of the molecule is Cc1ccnc(C(C)C)c1-n1c(=O)nc2c3c(nc(-c4cc(O)cc5cccc(Cl)c45)c(F)c31)N(C)C(=O)CC1C3CCC(CN21)N3. The van der Waals surface area contributed by atoms with E-state index in [9.17, 15) is 14.7 Å². The largest absolute Gasteiger partial charge is 0.508 e. The van der Waals surface area contributed by atoms with Crippen molar-refractivity contribution in [3.8, 4) is 22.7 Å². The van der Waals surface area contributed by atoms with Crippen LogP contribution in [-0.2, 0) is 4.79 Å². The molecular formula is C35H33ClFN7O3. The number of pyridine rings is 2. The van der Waals surface area contributed by atoms with Gasteiger partial charge in [0, 0.05) is 54.3 Å². The maximum Gasteiger partial charge on any atom is 0.354 e. The van der Waals surface area contributed by atoms with Gasteiger partial charge in [0.05, 0.1) is 22.8 Å². The van der Waals surface area contributed by atoms with Gasteiger partial charge in [-0.3, -0.25) is 19.2 Å². The number of phenolic OH excluding ortho intramolecular Hbond substituents is 1. The second-order valence-electron chi connectivity index (χ2n) is 13.1. The Labute approximate surface area is 274 Å². The number of nitrogens with zero attached hydrogens (tertiary/aromatic N) is 6. The third-order valence-electron chi connectivity index (χ3n) is 9.93. The molecule has 47 heavy (non-hydrogen) atoms. The van der Waals surface area contributed by atoms with Gasteiger partial charge in [-0.15, -0.1) is 0 Å². The minimum Gasteiger partial charge on any atom is -0.508 e. The van der Waals surface area contributed by atoms with Gasteiger partial charge in [-0.25, -0.2) is 14.2 Å². The first kappa shape index (κ1) is 29.8. The van der Waals surface area contributed by atoms with Gasteiger partial charge in [0.2, 0.25) is 5.91 Å². The zero-order chi connectivity index (χ0) is 32.9. The topological polar surface area (TPSA) is 116 Å². The number of hydrogen-bond donors (Lipinski definition) is 2. The van der Waals surface area contributed by atoms with Crippen molar-refractivity contribution in [1.29, 1.82) is 0 Å². The van der Waals surface area contributed by atoms with Gasteiger partial charge in [0.15, 0.2) is 5.82 Å². The van der Waals surface area contributed by atoms with Crippen LogP contribution in [0, 0.1) is 12.7 Å². The molecular weight excluding hydrogens is 621 g/mol.